The Morgan fingerprint density at radius 1 is 1.25 bits per heavy atom. The lowest BCUT2D eigenvalue weighted by Crippen LogP contribution is -2.31. The Balaban J connectivity index is 1.98. The highest BCUT2D eigenvalue weighted by Gasteiger charge is 2.10. The van der Waals surface area contributed by atoms with Gasteiger partial charge in [-0.2, -0.15) is 0 Å². The number of hydrogen-bond acceptors (Lipinski definition) is 4. The molecule has 1 aromatic carbocycles. The smallest absolute Gasteiger partial charge is 0.273 e. The maximum absolute atomic E-state index is 11.9. The van der Waals surface area contributed by atoms with E-state index in [1.165, 1.54) is 5.56 Å². The molecule has 0 aliphatic heterocycles. The molecule has 0 radical (unpaired) electrons. The fourth-order valence-corrected chi connectivity index (χ4v) is 1.72. The second-order valence-electron chi connectivity index (χ2n) is 4.49. The Hall–Kier alpha value is -2.21. The lowest BCUT2D eigenvalue weighted by molar-refractivity contribution is 0.0949. The average molecular weight is 273 g/mol. The molecule has 1 amide bonds. The summed E-state index contributed by atoms with van der Waals surface area (Å²) in [6.07, 6.45) is 1.63. The number of aryl methyl sites for hydroxylation is 1. The summed E-state index contributed by atoms with van der Waals surface area (Å²) in [4.78, 5) is 11.9. The van der Waals surface area contributed by atoms with Crippen molar-refractivity contribution in [3.8, 4) is 5.69 Å². The van der Waals surface area contributed by atoms with E-state index in [2.05, 4.69) is 20.9 Å². The minimum absolute atomic E-state index is 0.207. The van der Waals surface area contributed by atoms with Gasteiger partial charge in [0.1, 0.15) is 0 Å². The molecular formula is C14H19N5O. The van der Waals surface area contributed by atoms with Crippen LogP contribution in [0.3, 0.4) is 0 Å². The molecule has 1 aromatic heterocycles. The van der Waals surface area contributed by atoms with E-state index in [1.807, 2.05) is 38.1 Å². The predicted molar refractivity (Wildman–Crippen MR) is 77.0 cm³/mol. The molecule has 106 valence electrons. The van der Waals surface area contributed by atoms with Crippen molar-refractivity contribution in [3.05, 3.63) is 41.7 Å². The van der Waals surface area contributed by atoms with E-state index < -0.39 is 0 Å². The molecule has 2 rings (SSSR count). The Morgan fingerprint density at radius 3 is 2.70 bits per heavy atom. The van der Waals surface area contributed by atoms with Gasteiger partial charge in [-0.3, -0.25) is 4.79 Å². The van der Waals surface area contributed by atoms with Crippen LogP contribution in [0.5, 0.6) is 0 Å². The van der Waals surface area contributed by atoms with Crippen LogP contribution in [0.25, 0.3) is 5.69 Å². The van der Waals surface area contributed by atoms with Crippen molar-refractivity contribution in [1.29, 1.82) is 0 Å². The van der Waals surface area contributed by atoms with E-state index in [0.29, 0.717) is 12.2 Å². The fourth-order valence-electron chi connectivity index (χ4n) is 1.72. The number of nitrogens with one attached hydrogen (secondary N) is 2. The number of hydrogen-bond donors (Lipinski definition) is 2. The van der Waals surface area contributed by atoms with Crippen LogP contribution in [0.15, 0.2) is 30.5 Å². The molecule has 0 bridgehead atoms. The van der Waals surface area contributed by atoms with Gasteiger partial charge in [0.15, 0.2) is 5.69 Å². The lowest BCUT2D eigenvalue weighted by Gasteiger charge is -2.02. The first-order chi connectivity index (χ1) is 9.70. The van der Waals surface area contributed by atoms with E-state index >= 15 is 0 Å². The van der Waals surface area contributed by atoms with Crippen molar-refractivity contribution in [1.82, 2.24) is 25.6 Å². The molecule has 20 heavy (non-hydrogen) atoms. The zero-order chi connectivity index (χ0) is 14.4. The first-order valence-electron chi connectivity index (χ1n) is 6.69. The summed E-state index contributed by atoms with van der Waals surface area (Å²) in [7, 11) is 0. The highest BCUT2D eigenvalue weighted by Crippen LogP contribution is 2.08. The van der Waals surface area contributed by atoms with Gasteiger partial charge >= 0.3 is 0 Å². The third-order valence-electron chi connectivity index (χ3n) is 2.86. The van der Waals surface area contributed by atoms with Gasteiger partial charge in [0.2, 0.25) is 0 Å². The van der Waals surface area contributed by atoms with E-state index in [-0.39, 0.29) is 5.91 Å². The number of benzene rings is 1. The quantitative estimate of drug-likeness (QED) is 0.768. The predicted octanol–water partition coefficient (Wildman–Crippen LogP) is 0.915. The molecule has 6 heteroatoms. The Morgan fingerprint density at radius 2 is 2.00 bits per heavy atom. The summed E-state index contributed by atoms with van der Waals surface area (Å²) in [6.45, 7) is 6.25. The van der Waals surface area contributed by atoms with E-state index in [9.17, 15) is 4.79 Å². The van der Waals surface area contributed by atoms with Gasteiger partial charge in [-0.1, -0.05) is 29.8 Å². The van der Waals surface area contributed by atoms with Crippen molar-refractivity contribution < 1.29 is 4.79 Å². The molecule has 0 spiro atoms. The van der Waals surface area contributed by atoms with Crippen LogP contribution in [-0.4, -0.2) is 40.5 Å². The summed E-state index contributed by atoms with van der Waals surface area (Å²) >= 11 is 0. The van der Waals surface area contributed by atoms with E-state index in [0.717, 1.165) is 18.8 Å². The van der Waals surface area contributed by atoms with Crippen LogP contribution in [-0.2, 0) is 0 Å². The first kappa shape index (κ1) is 14.2. The number of rotatable bonds is 6. The van der Waals surface area contributed by atoms with Gasteiger partial charge in [0, 0.05) is 13.1 Å². The zero-order valence-electron chi connectivity index (χ0n) is 11.8. The maximum atomic E-state index is 11.9. The van der Waals surface area contributed by atoms with Crippen molar-refractivity contribution in [3.63, 3.8) is 0 Å². The Bertz CT molecular complexity index is 561. The van der Waals surface area contributed by atoms with Gasteiger partial charge in [0.25, 0.3) is 5.91 Å². The minimum Gasteiger partial charge on any atom is -0.349 e. The molecule has 0 aliphatic carbocycles. The minimum atomic E-state index is -0.207. The molecule has 0 atom stereocenters. The largest absolute Gasteiger partial charge is 0.349 e. The molecule has 1 heterocycles. The molecular weight excluding hydrogens is 254 g/mol. The Labute approximate surface area is 118 Å². The fraction of sp³-hybridized carbons (Fsp3) is 0.357. The molecule has 0 aliphatic rings. The maximum Gasteiger partial charge on any atom is 0.273 e. The van der Waals surface area contributed by atoms with Crippen LogP contribution in [0, 0.1) is 6.92 Å². The monoisotopic (exact) mass is 273 g/mol. The molecule has 0 unspecified atom stereocenters. The highest BCUT2D eigenvalue weighted by atomic mass is 16.2. The van der Waals surface area contributed by atoms with Crippen molar-refractivity contribution >= 4 is 5.91 Å². The molecule has 0 saturated heterocycles. The van der Waals surface area contributed by atoms with Crippen molar-refractivity contribution in [2.24, 2.45) is 0 Å². The topological polar surface area (TPSA) is 71.8 Å². The number of nitrogens with zero attached hydrogens (tertiary/aromatic N) is 3. The SMILES string of the molecule is CCNCCNC(=O)c1cn(-c2ccc(C)cc2)nn1. The molecule has 2 aromatic rings. The van der Waals surface area contributed by atoms with Crippen LogP contribution < -0.4 is 10.6 Å². The van der Waals surface area contributed by atoms with Crippen LogP contribution in [0.1, 0.15) is 23.0 Å². The number of carbonyl (C=O) groups is 1. The summed E-state index contributed by atoms with van der Waals surface area (Å²) < 4.78 is 1.60. The molecule has 0 saturated carbocycles. The van der Waals surface area contributed by atoms with Gasteiger partial charge in [-0.25, -0.2) is 4.68 Å². The summed E-state index contributed by atoms with van der Waals surface area (Å²) in [5, 5.41) is 13.8. The lowest BCUT2D eigenvalue weighted by atomic mass is 10.2. The first-order valence-corrected chi connectivity index (χ1v) is 6.69. The number of amides is 1. The summed E-state index contributed by atoms with van der Waals surface area (Å²) in [5.41, 5.74) is 2.38. The average Bonchev–Trinajstić information content (AvgIpc) is 2.94. The molecule has 2 N–H and O–H groups in total. The zero-order valence-corrected chi connectivity index (χ0v) is 11.8. The summed E-state index contributed by atoms with van der Waals surface area (Å²) in [5.74, 6) is -0.207. The van der Waals surface area contributed by atoms with Crippen LogP contribution in [0.2, 0.25) is 0 Å². The third-order valence-corrected chi connectivity index (χ3v) is 2.86. The van der Waals surface area contributed by atoms with Gasteiger partial charge < -0.3 is 10.6 Å². The van der Waals surface area contributed by atoms with Crippen molar-refractivity contribution in [2.75, 3.05) is 19.6 Å². The Kier molecular flexibility index (Phi) is 4.84. The standard InChI is InChI=1S/C14H19N5O/c1-3-15-8-9-16-14(20)13-10-19(18-17-13)12-6-4-11(2)5-7-12/h4-7,10,15H,3,8-9H2,1-2H3,(H,16,20). The molecule has 6 nitrogen and oxygen atoms in total. The molecule has 0 fully saturated rings. The second-order valence-corrected chi connectivity index (χ2v) is 4.49. The van der Waals surface area contributed by atoms with Gasteiger partial charge in [0.05, 0.1) is 11.9 Å². The normalized spacial score (nSPS) is 10.5. The second kappa shape index (κ2) is 6.81. The van der Waals surface area contributed by atoms with Crippen molar-refractivity contribution in [2.45, 2.75) is 13.8 Å². The van der Waals surface area contributed by atoms with E-state index in [4.69, 9.17) is 0 Å². The third kappa shape index (κ3) is 3.64. The number of likely N-dealkylation sites (N-methyl/N-ethyl adjacent to an activating group) is 1. The summed E-state index contributed by atoms with van der Waals surface area (Å²) in [6, 6.07) is 7.87. The van der Waals surface area contributed by atoms with Gasteiger partial charge in [-0.15, -0.1) is 5.10 Å². The highest BCUT2D eigenvalue weighted by molar-refractivity contribution is 5.91. The van der Waals surface area contributed by atoms with Crippen LogP contribution >= 0.6 is 0 Å². The van der Waals surface area contributed by atoms with Crippen LogP contribution in [0.4, 0.5) is 0 Å². The van der Waals surface area contributed by atoms with Gasteiger partial charge in [-0.05, 0) is 25.6 Å². The number of carbonyl (C=O) groups excluding carboxylic acids is 1. The van der Waals surface area contributed by atoms with E-state index in [1.54, 1.807) is 10.9 Å². The number of aromatic nitrogens is 3.